The van der Waals surface area contributed by atoms with Gasteiger partial charge in [0.25, 0.3) is 15.2 Å². The summed E-state index contributed by atoms with van der Waals surface area (Å²) < 4.78 is 26.0. The first-order chi connectivity index (χ1) is 7.49. The molecule has 1 aliphatic rings. The third-order valence-electron chi connectivity index (χ3n) is 2.17. The van der Waals surface area contributed by atoms with Crippen LogP contribution in [0.25, 0.3) is 0 Å². The minimum Gasteiger partial charge on any atom is -0.307 e. The number of hydrogen-bond donors (Lipinski definition) is 2. The lowest BCUT2D eigenvalue weighted by Crippen LogP contribution is -2.31. The van der Waals surface area contributed by atoms with Crippen LogP contribution in [0.5, 0.6) is 0 Å². The van der Waals surface area contributed by atoms with E-state index in [-0.39, 0.29) is 11.2 Å². The molecular formula is C9H14N4O2S. The van der Waals surface area contributed by atoms with E-state index in [0.717, 1.165) is 11.3 Å². The summed E-state index contributed by atoms with van der Waals surface area (Å²) in [6.45, 7) is 4.81. The fraction of sp³-hybridized carbons (Fsp3) is 0.556. The van der Waals surface area contributed by atoms with Gasteiger partial charge in [-0.1, -0.05) is 0 Å². The topological polar surface area (TPSA) is 84.0 Å². The molecule has 0 saturated heterocycles. The Bertz CT molecular complexity index is 498. The Hall–Kier alpha value is -1.05. The zero-order valence-corrected chi connectivity index (χ0v) is 10.0. The van der Waals surface area contributed by atoms with Crippen LogP contribution in [0.2, 0.25) is 0 Å². The van der Waals surface area contributed by atoms with E-state index in [1.54, 1.807) is 20.0 Å². The Morgan fingerprint density at radius 2 is 2.19 bits per heavy atom. The van der Waals surface area contributed by atoms with Crippen molar-refractivity contribution in [2.45, 2.75) is 38.1 Å². The van der Waals surface area contributed by atoms with Crippen molar-refractivity contribution in [2.75, 3.05) is 0 Å². The number of rotatable bonds is 3. The summed E-state index contributed by atoms with van der Waals surface area (Å²) in [5, 5.41) is 2.94. The highest BCUT2D eigenvalue weighted by molar-refractivity contribution is 7.89. The average Bonchev–Trinajstić information content (AvgIpc) is 2.61. The molecule has 1 aromatic rings. The number of nitrogens with zero attached hydrogens (tertiary/aromatic N) is 2. The van der Waals surface area contributed by atoms with E-state index < -0.39 is 10.0 Å². The molecule has 0 radical (unpaired) electrons. The molecule has 0 unspecified atom stereocenters. The molecular weight excluding hydrogens is 228 g/mol. The molecule has 2 N–H and O–H groups in total. The number of sulfonamides is 1. The second kappa shape index (κ2) is 4.08. The van der Waals surface area contributed by atoms with E-state index in [0.29, 0.717) is 13.1 Å². The molecule has 88 valence electrons. The van der Waals surface area contributed by atoms with Crippen LogP contribution in [0.1, 0.15) is 25.1 Å². The molecule has 2 rings (SSSR count). The Labute approximate surface area is 94.6 Å². The highest BCUT2D eigenvalue weighted by atomic mass is 32.2. The van der Waals surface area contributed by atoms with Crippen molar-refractivity contribution in [1.82, 2.24) is 20.0 Å². The van der Waals surface area contributed by atoms with Crippen molar-refractivity contribution in [3.8, 4) is 0 Å². The zero-order valence-electron chi connectivity index (χ0n) is 9.19. The summed E-state index contributed by atoms with van der Waals surface area (Å²) in [7, 11) is -3.58. The van der Waals surface area contributed by atoms with Gasteiger partial charge in [0.2, 0.25) is 0 Å². The van der Waals surface area contributed by atoms with Crippen LogP contribution in [-0.2, 0) is 23.1 Å². The maximum Gasteiger partial charge on any atom is 0.276 e. The van der Waals surface area contributed by atoms with Crippen molar-refractivity contribution < 1.29 is 8.42 Å². The standard InChI is InChI=1S/C9H14N4O2S/c1-6(2)13-16(14,15)9-11-4-7-3-10-5-8(7)12-9/h4,6,10,13H,3,5H2,1-2H3. The molecule has 0 fully saturated rings. The third-order valence-corrected chi connectivity index (χ3v) is 3.63. The van der Waals surface area contributed by atoms with Gasteiger partial charge in [0.05, 0.1) is 5.69 Å². The van der Waals surface area contributed by atoms with Crippen LogP contribution < -0.4 is 10.0 Å². The maximum atomic E-state index is 11.8. The fourth-order valence-corrected chi connectivity index (χ4v) is 2.68. The van der Waals surface area contributed by atoms with E-state index in [2.05, 4.69) is 20.0 Å². The molecule has 0 spiro atoms. The van der Waals surface area contributed by atoms with Gasteiger partial charge in [-0.15, -0.1) is 0 Å². The van der Waals surface area contributed by atoms with Gasteiger partial charge in [-0.2, -0.15) is 0 Å². The van der Waals surface area contributed by atoms with Gasteiger partial charge in [-0.25, -0.2) is 23.1 Å². The summed E-state index contributed by atoms with van der Waals surface area (Å²) in [6, 6.07) is -0.167. The van der Waals surface area contributed by atoms with Crippen molar-refractivity contribution >= 4 is 10.0 Å². The quantitative estimate of drug-likeness (QED) is 0.715. The van der Waals surface area contributed by atoms with Crippen molar-refractivity contribution in [2.24, 2.45) is 0 Å². The molecule has 0 aromatic carbocycles. The predicted octanol–water partition coefficient (Wildman–Crippen LogP) is -0.233. The smallest absolute Gasteiger partial charge is 0.276 e. The van der Waals surface area contributed by atoms with Crippen molar-refractivity contribution in [1.29, 1.82) is 0 Å². The van der Waals surface area contributed by atoms with E-state index >= 15 is 0 Å². The monoisotopic (exact) mass is 242 g/mol. The van der Waals surface area contributed by atoms with Crippen LogP contribution in [0.4, 0.5) is 0 Å². The van der Waals surface area contributed by atoms with Gasteiger partial charge in [-0.05, 0) is 13.8 Å². The second-order valence-corrected chi connectivity index (χ2v) is 5.61. The predicted molar refractivity (Wildman–Crippen MR) is 58.0 cm³/mol. The third kappa shape index (κ3) is 2.21. The molecule has 7 heteroatoms. The molecule has 16 heavy (non-hydrogen) atoms. The van der Waals surface area contributed by atoms with Gasteiger partial charge in [-0.3, -0.25) is 0 Å². The molecule has 2 heterocycles. The highest BCUT2D eigenvalue weighted by Crippen LogP contribution is 2.13. The van der Waals surface area contributed by atoms with Crippen LogP contribution >= 0.6 is 0 Å². The summed E-state index contributed by atoms with van der Waals surface area (Å²) in [6.07, 6.45) is 1.57. The minimum absolute atomic E-state index is 0.149. The average molecular weight is 242 g/mol. The van der Waals surface area contributed by atoms with E-state index in [9.17, 15) is 8.42 Å². The second-order valence-electron chi connectivity index (χ2n) is 4.00. The lowest BCUT2D eigenvalue weighted by molar-refractivity contribution is 0.559. The van der Waals surface area contributed by atoms with Crippen LogP contribution in [-0.4, -0.2) is 24.4 Å². The van der Waals surface area contributed by atoms with E-state index in [1.165, 1.54) is 0 Å². The van der Waals surface area contributed by atoms with Gasteiger partial charge >= 0.3 is 0 Å². The molecule has 0 aliphatic carbocycles. The lowest BCUT2D eigenvalue weighted by Gasteiger charge is -2.08. The van der Waals surface area contributed by atoms with Crippen LogP contribution in [0.3, 0.4) is 0 Å². The Kier molecular flexibility index (Phi) is 2.92. The largest absolute Gasteiger partial charge is 0.307 e. The minimum atomic E-state index is -3.58. The number of hydrogen-bond acceptors (Lipinski definition) is 5. The summed E-state index contributed by atoms with van der Waals surface area (Å²) in [5.74, 6) is 0. The van der Waals surface area contributed by atoms with Gasteiger partial charge in [0, 0.05) is 30.9 Å². The van der Waals surface area contributed by atoms with Crippen molar-refractivity contribution in [3.63, 3.8) is 0 Å². The lowest BCUT2D eigenvalue weighted by atomic mass is 10.3. The Morgan fingerprint density at radius 1 is 1.44 bits per heavy atom. The van der Waals surface area contributed by atoms with E-state index in [4.69, 9.17) is 0 Å². The maximum absolute atomic E-state index is 11.8. The summed E-state index contributed by atoms with van der Waals surface area (Å²) in [5.41, 5.74) is 1.72. The Balaban J connectivity index is 2.34. The van der Waals surface area contributed by atoms with E-state index in [1.807, 2.05) is 0 Å². The normalized spacial score (nSPS) is 15.4. The molecule has 0 bridgehead atoms. The molecule has 6 nitrogen and oxygen atoms in total. The number of fused-ring (bicyclic) bond motifs is 1. The van der Waals surface area contributed by atoms with Crippen LogP contribution in [0, 0.1) is 0 Å². The molecule has 1 aliphatic heterocycles. The highest BCUT2D eigenvalue weighted by Gasteiger charge is 2.22. The first kappa shape index (κ1) is 11.4. The SMILES string of the molecule is CC(C)NS(=O)(=O)c1ncc2c(n1)CNC2. The fourth-order valence-electron chi connectivity index (χ4n) is 1.53. The summed E-state index contributed by atoms with van der Waals surface area (Å²) >= 11 is 0. The van der Waals surface area contributed by atoms with Gasteiger partial charge in [0.1, 0.15) is 0 Å². The van der Waals surface area contributed by atoms with Crippen LogP contribution in [0.15, 0.2) is 11.4 Å². The number of nitrogens with one attached hydrogen (secondary N) is 2. The number of aromatic nitrogens is 2. The van der Waals surface area contributed by atoms with Gasteiger partial charge in [0.15, 0.2) is 0 Å². The first-order valence-electron chi connectivity index (χ1n) is 5.07. The van der Waals surface area contributed by atoms with Crippen molar-refractivity contribution in [3.05, 3.63) is 17.5 Å². The molecule has 0 atom stereocenters. The molecule has 1 aromatic heterocycles. The summed E-state index contributed by atoms with van der Waals surface area (Å²) in [4.78, 5) is 7.93. The Morgan fingerprint density at radius 3 is 2.88 bits per heavy atom. The molecule has 0 saturated carbocycles. The van der Waals surface area contributed by atoms with Gasteiger partial charge < -0.3 is 5.32 Å². The molecule has 0 amide bonds. The zero-order chi connectivity index (χ0) is 11.8. The first-order valence-corrected chi connectivity index (χ1v) is 6.55.